The van der Waals surface area contributed by atoms with Gasteiger partial charge in [-0.05, 0) is 49.1 Å². The molecule has 0 unspecified atom stereocenters. The lowest BCUT2D eigenvalue weighted by Gasteiger charge is -2.25. The SMILES string of the molecule is [C-]#[N+]c1cc(-c2c(F)cnc3cc(-c4ncc(C(=O)N(C)C)cc4C)oc23)ccc1NC1CCOCC1. The Morgan fingerprint density at radius 1 is 1.16 bits per heavy atom. The van der Waals surface area contributed by atoms with Gasteiger partial charge in [-0.15, -0.1) is 0 Å². The van der Waals surface area contributed by atoms with Gasteiger partial charge in [0.15, 0.2) is 17.2 Å². The smallest absolute Gasteiger partial charge is 0.254 e. The molecule has 3 aromatic heterocycles. The third kappa shape index (κ3) is 4.76. The number of carbonyl (C=O) groups is 1. The predicted molar refractivity (Wildman–Crippen MR) is 139 cm³/mol. The number of rotatable bonds is 5. The minimum Gasteiger partial charge on any atom is -0.452 e. The highest BCUT2D eigenvalue weighted by Crippen LogP contribution is 2.39. The fourth-order valence-electron chi connectivity index (χ4n) is 4.51. The number of fused-ring (bicyclic) bond motifs is 1. The van der Waals surface area contributed by atoms with E-state index >= 15 is 4.39 Å². The molecule has 1 fully saturated rings. The van der Waals surface area contributed by atoms with Gasteiger partial charge >= 0.3 is 0 Å². The van der Waals surface area contributed by atoms with E-state index in [1.165, 1.54) is 11.1 Å². The molecular weight excluding hydrogens is 473 g/mol. The van der Waals surface area contributed by atoms with E-state index in [0.717, 1.165) is 24.6 Å². The number of furan rings is 1. The second-order valence-electron chi connectivity index (χ2n) is 9.27. The number of nitrogens with zero attached hydrogens (tertiary/aromatic N) is 4. The van der Waals surface area contributed by atoms with Crippen molar-refractivity contribution in [3.63, 3.8) is 0 Å². The zero-order valence-corrected chi connectivity index (χ0v) is 20.8. The molecule has 0 atom stereocenters. The van der Waals surface area contributed by atoms with Crippen LogP contribution in [0.15, 0.2) is 47.1 Å². The number of anilines is 1. The van der Waals surface area contributed by atoms with Gasteiger partial charge in [-0.25, -0.2) is 14.2 Å². The highest BCUT2D eigenvalue weighted by atomic mass is 19.1. The van der Waals surface area contributed by atoms with Crippen molar-refractivity contribution in [1.29, 1.82) is 0 Å². The number of carbonyl (C=O) groups excluding carboxylic acids is 1. The molecule has 188 valence electrons. The van der Waals surface area contributed by atoms with Crippen LogP contribution in [0.3, 0.4) is 0 Å². The van der Waals surface area contributed by atoms with E-state index in [0.29, 0.717) is 52.7 Å². The maximum atomic E-state index is 15.1. The van der Waals surface area contributed by atoms with Crippen molar-refractivity contribution in [2.24, 2.45) is 0 Å². The molecule has 1 amide bonds. The van der Waals surface area contributed by atoms with Crippen molar-refractivity contribution in [2.75, 3.05) is 32.6 Å². The Morgan fingerprint density at radius 3 is 2.65 bits per heavy atom. The third-order valence-corrected chi connectivity index (χ3v) is 6.45. The molecule has 0 aliphatic carbocycles. The van der Waals surface area contributed by atoms with Gasteiger partial charge in [0.05, 0.1) is 23.9 Å². The zero-order chi connectivity index (χ0) is 26.1. The summed E-state index contributed by atoms with van der Waals surface area (Å²) in [6, 6.07) is 8.94. The van der Waals surface area contributed by atoms with Crippen LogP contribution in [-0.2, 0) is 4.74 Å². The van der Waals surface area contributed by atoms with E-state index in [4.69, 9.17) is 15.7 Å². The summed E-state index contributed by atoms with van der Waals surface area (Å²) >= 11 is 0. The van der Waals surface area contributed by atoms with E-state index in [1.807, 2.05) is 6.92 Å². The molecular formula is C28H26FN5O3. The summed E-state index contributed by atoms with van der Waals surface area (Å²) < 4.78 is 26.7. The summed E-state index contributed by atoms with van der Waals surface area (Å²) in [6.07, 6.45) is 4.39. The van der Waals surface area contributed by atoms with E-state index in [-0.39, 0.29) is 23.1 Å². The predicted octanol–water partition coefficient (Wildman–Crippen LogP) is 5.85. The fraction of sp³-hybridized carbons (Fsp3) is 0.286. The standard InChI is InChI=1S/C28H26FN5O3/c1-16-11-18(28(35)34(3)4)14-32-26(16)24-13-23-27(37-24)25(20(29)15-31-23)17-5-6-21(22(12-17)30-2)33-19-7-9-36-10-8-19/h5-6,11-15,19,33H,7-10H2,1,3-4H3. The van der Waals surface area contributed by atoms with Gasteiger partial charge in [0.1, 0.15) is 11.2 Å². The van der Waals surface area contributed by atoms with Crippen molar-refractivity contribution < 1.29 is 18.3 Å². The van der Waals surface area contributed by atoms with Crippen LogP contribution in [0.2, 0.25) is 0 Å². The molecule has 0 radical (unpaired) electrons. The Kier molecular flexibility index (Phi) is 6.59. The first-order valence-electron chi connectivity index (χ1n) is 12.0. The molecule has 4 aromatic rings. The van der Waals surface area contributed by atoms with Crippen LogP contribution in [0.4, 0.5) is 15.8 Å². The molecule has 1 N–H and O–H groups in total. The molecule has 0 saturated carbocycles. The van der Waals surface area contributed by atoms with Gasteiger partial charge in [0, 0.05) is 51.3 Å². The highest BCUT2D eigenvalue weighted by molar-refractivity contribution is 5.95. The number of amides is 1. The van der Waals surface area contributed by atoms with Crippen LogP contribution in [0.5, 0.6) is 0 Å². The van der Waals surface area contributed by atoms with Crippen molar-refractivity contribution in [3.05, 3.63) is 71.1 Å². The number of hydrogen-bond donors (Lipinski definition) is 1. The summed E-state index contributed by atoms with van der Waals surface area (Å²) in [5, 5.41) is 3.42. The van der Waals surface area contributed by atoms with Gasteiger partial charge in [-0.2, -0.15) is 0 Å². The van der Waals surface area contributed by atoms with Crippen LogP contribution in [0.1, 0.15) is 28.8 Å². The molecule has 4 heterocycles. The van der Waals surface area contributed by atoms with E-state index in [1.54, 1.807) is 44.4 Å². The van der Waals surface area contributed by atoms with Crippen molar-refractivity contribution in [3.8, 4) is 22.6 Å². The molecule has 1 saturated heterocycles. The zero-order valence-electron chi connectivity index (χ0n) is 20.8. The number of aromatic nitrogens is 2. The Balaban J connectivity index is 1.53. The molecule has 0 bridgehead atoms. The molecule has 8 nitrogen and oxygen atoms in total. The van der Waals surface area contributed by atoms with Crippen molar-refractivity contribution in [2.45, 2.75) is 25.8 Å². The maximum absolute atomic E-state index is 15.1. The molecule has 5 rings (SSSR count). The van der Waals surface area contributed by atoms with Gasteiger partial charge in [0.2, 0.25) is 5.69 Å². The third-order valence-electron chi connectivity index (χ3n) is 6.45. The Morgan fingerprint density at radius 2 is 1.95 bits per heavy atom. The second kappa shape index (κ2) is 9.99. The number of hydrogen-bond acceptors (Lipinski definition) is 6. The molecule has 1 aliphatic heterocycles. The Hall–Kier alpha value is -4.29. The summed E-state index contributed by atoms with van der Waals surface area (Å²) in [6.45, 7) is 10.9. The van der Waals surface area contributed by atoms with Crippen LogP contribution >= 0.6 is 0 Å². The second-order valence-corrected chi connectivity index (χ2v) is 9.27. The van der Waals surface area contributed by atoms with E-state index in [9.17, 15) is 4.79 Å². The van der Waals surface area contributed by atoms with Gasteiger partial charge in [-0.1, -0.05) is 6.07 Å². The fourth-order valence-corrected chi connectivity index (χ4v) is 4.51. The van der Waals surface area contributed by atoms with Gasteiger partial charge in [-0.3, -0.25) is 9.78 Å². The first kappa shape index (κ1) is 24.4. The average Bonchev–Trinajstić information content (AvgIpc) is 3.33. The molecule has 1 aromatic carbocycles. The van der Waals surface area contributed by atoms with E-state index in [2.05, 4.69) is 20.1 Å². The number of pyridine rings is 2. The average molecular weight is 500 g/mol. The van der Waals surface area contributed by atoms with Crippen LogP contribution in [-0.4, -0.2) is 54.1 Å². The summed E-state index contributed by atoms with van der Waals surface area (Å²) in [7, 11) is 3.36. The highest BCUT2D eigenvalue weighted by Gasteiger charge is 2.21. The minimum atomic E-state index is -0.550. The Labute approximate surface area is 213 Å². The largest absolute Gasteiger partial charge is 0.452 e. The lowest BCUT2D eigenvalue weighted by molar-refractivity contribution is 0.0827. The topological polar surface area (TPSA) is 84.9 Å². The summed E-state index contributed by atoms with van der Waals surface area (Å²) in [5.74, 6) is -0.284. The normalized spacial score (nSPS) is 13.9. The first-order valence-corrected chi connectivity index (χ1v) is 12.0. The maximum Gasteiger partial charge on any atom is 0.254 e. The molecule has 0 spiro atoms. The van der Waals surface area contributed by atoms with Gasteiger partial charge < -0.3 is 19.4 Å². The first-order chi connectivity index (χ1) is 17.9. The molecule has 1 aliphatic rings. The van der Waals surface area contributed by atoms with Crippen LogP contribution in [0, 0.1) is 19.3 Å². The van der Waals surface area contributed by atoms with E-state index < -0.39 is 5.82 Å². The van der Waals surface area contributed by atoms with Crippen LogP contribution < -0.4 is 5.32 Å². The van der Waals surface area contributed by atoms with Gasteiger partial charge in [0.25, 0.3) is 5.91 Å². The summed E-state index contributed by atoms with van der Waals surface area (Å²) in [5.41, 5.74) is 4.35. The number of ether oxygens (including phenoxy) is 1. The lowest BCUT2D eigenvalue weighted by atomic mass is 10.0. The number of aryl methyl sites for hydroxylation is 1. The molecule has 9 heteroatoms. The quantitative estimate of drug-likeness (QED) is 0.347. The van der Waals surface area contributed by atoms with Crippen molar-refractivity contribution >= 4 is 28.4 Å². The lowest BCUT2D eigenvalue weighted by Crippen LogP contribution is -2.27. The monoisotopic (exact) mass is 499 g/mol. The number of halogens is 1. The summed E-state index contributed by atoms with van der Waals surface area (Å²) in [4.78, 5) is 26.1. The Bertz CT molecular complexity index is 1530. The minimum absolute atomic E-state index is 0.150. The van der Waals surface area contributed by atoms with Crippen molar-refractivity contribution in [1.82, 2.24) is 14.9 Å². The number of benzene rings is 1. The molecule has 37 heavy (non-hydrogen) atoms. The van der Waals surface area contributed by atoms with Crippen LogP contribution in [0.25, 0.3) is 38.5 Å². The number of nitrogens with one attached hydrogen (secondary N) is 1.